The zero-order valence-corrected chi connectivity index (χ0v) is 11.1. The van der Waals surface area contributed by atoms with E-state index in [0.29, 0.717) is 18.1 Å². The Morgan fingerprint density at radius 1 is 1.44 bits per heavy atom. The minimum atomic E-state index is 0.311. The number of likely N-dealkylation sites (tertiary alicyclic amines) is 1. The third-order valence-corrected chi connectivity index (χ3v) is 3.71. The van der Waals surface area contributed by atoms with Crippen LogP contribution in [0.2, 0.25) is 0 Å². The van der Waals surface area contributed by atoms with Crippen LogP contribution in [0.3, 0.4) is 0 Å². The molecule has 0 aromatic rings. The highest BCUT2D eigenvalue weighted by Gasteiger charge is 2.22. The average molecular weight is 228 g/mol. The van der Waals surface area contributed by atoms with Crippen molar-refractivity contribution in [3.8, 4) is 0 Å². The summed E-state index contributed by atoms with van der Waals surface area (Å²) < 4.78 is 5.70. The Morgan fingerprint density at radius 2 is 2.19 bits per heavy atom. The molecule has 3 atom stereocenters. The van der Waals surface area contributed by atoms with Crippen LogP contribution in [0.15, 0.2) is 0 Å². The summed E-state index contributed by atoms with van der Waals surface area (Å²) in [6, 6.07) is 0.311. The fourth-order valence-corrected chi connectivity index (χ4v) is 2.33. The van der Waals surface area contributed by atoms with Crippen LogP contribution >= 0.6 is 0 Å². The number of rotatable bonds is 6. The van der Waals surface area contributed by atoms with Crippen LogP contribution in [0, 0.1) is 5.92 Å². The van der Waals surface area contributed by atoms with Crippen LogP contribution < -0.4 is 5.73 Å². The van der Waals surface area contributed by atoms with Gasteiger partial charge in [-0.15, -0.1) is 0 Å². The molecule has 1 saturated heterocycles. The van der Waals surface area contributed by atoms with E-state index in [1.165, 1.54) is 25.8 Å². The van der Waals surface area contributed by atoms with Gasteiger partial charge in [-0.3, -0.25) is 4.90 Å². The minimum absolute atomic E-state index is 0.311. The summed E-state index contributed by atoms with van der Waals surface area (Å²) in [4.78, 5) is 2.47. The van der Waals surface area contributed by atoms with E-state index in [2.05, 4.69) is 25.7 Å². The summed E-state index contributed by atoms with van der Waals surface area (Å²) in [7, 11) is 0. The van der Waals surface area contributed by atoms with Gasteiger partial charge < -0.3 is 10.5 Å². The number of hydrogen-bond acceptors (Lipinski definition) is 3. The lowest BCUT2D eigenvalue weighted by molar-refractivity contribution is 0.00320. The van der Waals surface area contributed by atoms with Crippen molar-refractivity contribution in [3.05, 3.63) is 0 Å². The lowest BCUT2D eigenvalue weighted by Gasteiger charge is -2.35. The Morgan fingerprint density at radius 3 is 2.81 bits per heavy atom. The van der Waals surface area contributed by atoms with Gasteiger partial charge in [-0.1, -0.05) is 20.3 Å². The molecule has 2 N–H and O–H groups in total. The average Bonchev–Trinajstić information content (AvgIpc) is 2.29. The highest BCUT2D eigenvalue weighted by molar-refractivity contribution is 4.78. The SMILES string of the molecule is CCOC1CCCN(CC(N)C(C)CC)C1. The molecule has 0 radical (unpaired) electrons. The molecular weight excluding hydrogens is 200 g/mol. The summed E-state index contributed by atoms with van der Waals surface area (Å²) in [5.41, 5.74) is 6.20. The van der Waals surface area contributed by atoms with Crippen molar-refractivity contribution in [2.45, 2.75) is 52.2 Å². The lowest BCUT2D eigenvalue weighted by atomic mass is 9.98. The molecule has 0 aromatic heterocycles. The third kappa shape index (κ3) is 4.40. The fourth-order valence-electron chi connectivity index (χ4n) is 2.33. The van der Waals surface area contributed by atoms with Gasteiger partial charge in [0.25, 0.3) is 0 Å². The number of ether oxygens (including phenoxy) is 1. The zero-order valence-electron chi connectivity index (χ0n) is 11.1. The quantitative estimate of drug-likeness (QED) is 0.754. The Bertz CT molecular complexity index is 185. The molecule has 0 aliphatic carbocycles. The number of nitrogens with two attached hydrogens (primary N) is 1. The van der Waals surface area contributed by atoms with E-state index in [4.69, 9.17) is 10.5 Å². The molecule has 16 heavy (non-hydrogen) atoms. The maximum Gasteiger partial charge on any atom is 0.0702 e. The minimum Gasteiger partial charge on any atom is -0.377 e. The number of nitrogens with zero attached hydrogens (tertiary/aromatic N) is 1. The molecule has 3 unspecified atom stereocenters. The molecule has 0 saturated carbocycles. The van der Waals surface area contributed by atoms with Crippen molar-refractivity contribution in [2.24, 2.45) is 11.7 Å². The smallest absolute Gasteiger partial charge is 0.0702 e. The third-order valence-electron chi connectivity index (χ3n) is 3.71. The molecule has 1 aliphatic rings. The van der Waals surface area contributed by atoms with E-state index in [0.717, 1.165) is 19.7 Å². The lowest BCUT2D eigenvalue weighted by Crippen LogP contribution is -2.47. The van der Waals surface area contributed by atoms with Gasteiger partial charge >= 0.3 is 0 Å². The summed E-state index contributed by atoms with van der Waals surface area (Å²) in [6.07, 6.45) is 4.06. The van der Waals surface area contributed by atoms with Gasteiger partial charge in [0.2, 0.25) is 0 Å². The van der Waals surface area contributed by atoms with E-state index >= 15 is 0 Å². The van der Waals surface area contributed by atoms with Crippen LogP contribution in [0.5, 0.6) is 0 Å². The van der Waals surface area contributed by atoms with Gasteiger partial charge in [-0.2, -0.15) is 0 Å². The van der Waals surface area contributed by atoms with E-state index < -0.39 is 0 Å². The first-order chi connectivity index (χ1) is 7.67. The summed E-state index contributed by atoms with van der Waals surface area (Å²) in [5.74, 6) is 0.618. The van der Waals surface area contributed by atoms with E-state index in [-0.39, 0.29) is 0 Å². The fraction of sp³-hybridized carbons (Fsp3) is 1.00. The molecular formula is C13H28N2O. The standard InChI is InChI=1S/C13H28N2O/c1-4-11(3)13(14)10-15-8-6-7-12(9-15)16-5-2/h11-13H,4-10,14H2,1-3H3. The van der Waals surface area contributed by atoms with Crippen LogP contribution in [-0.2, 0) is 4.74 Å². The van der Waals surface area contributed by atoms with Crippen molar-refractivity contribution in [3.63, 3.8) is 0 Å². The Kier molecular flexibility index (Phi) is 6.32. The Labute approximate surface area is 100 Å². The van der Waals surface area contributed by atoms with E-state index in [1.807, 2.05) is 0 Å². The van der Waals surface area contributed by atoms with Gasteiger partial charge in [0.15, 0.2) is 0 Å². The van der Waals surface area contributed by atoms with Crippen LogP contribution in [-0.4, -0.2) is 43.3 Å². The normalized spacial score (nSPS) is 26.6. The largest absolute Gasteiger partial charge is 0.377 e. The van der Waals surface area contributed by atoms with Crippen LogP contribution in [0.25, 0.3) is 0 Å². The topological polar surface area (TPSA) is 38.5 Å². The monoisotopic (exact) mass is 228 g/mol. The molecule has 0 spiro atoms. The second-order valence-electron chi connectivity index (χ2n) is 5.03. The highest BCUT2D eigenvalue weighted by Crippen LogP contribution is 2.15. The Balaban J connectivity index is 2.30. The molecule has 0 bridgehead atoms. The molecule has 96 valence electrons. The predicted octanol–water partition coefficient (Wildman–Crippen LogP) is 1.86. The van der Waals surface area contributed by atoms with Gasteiger partial charge in [0, 0.05) is 25.7 Å². The molecule has 1 heterocycles. The summed E-state index contributed by atoms with van der Waals surface area (Å²) in [6.45, 7) is 10.6. The maximum atomic E-state index is 6.20. The van der Waals surface area contributed by atoms with E-state index in [1.54, 1.807) is 0 Å². The maximum absolute atomic E-state index is 6.20. The molecule has 1 aliphatic heterocycles. The first-order valence-corrected chi connectivity index (χ1v) is 6.76. The predicted molar refractivity (Wildman–Crippen MR) is 68.5 cm³/mol. The number of hydrogen-bond donors (Lipinski definition) is 1. The number of piperidine rings is 1. The molecule has 0 aromatic carbocycles. The molecule has 1 rings (SSSR count). The summed E-state index contributed by atoms with van der Waals surface area (Å²) >= 11 is 0. The molecule has 0 amide bonds. The van der Waals surface area contributed by atoms with Crippen LogP contribution in [0.1, 0.15) is 40.0 Å². The van der Waals surface area contributed by atoms with Crippen molar-refractivity contribution in [1.82, 2.24) is 4.90 Å². The van der Waals surface area contributed by atoms with Crippen molar-refractivity contribution in [2.75, 3.05) is 26.2 Å². The Hall–Kier alpha value is -0.120. The van der Waals surface area contributed by atoms with Gasteiger partial charge in [0.05, 0.1) is 6.10 Å². The second-order valence-corrected chi connectivity index (χ2v) is 5.03. The zero-order chi connectivity index (χ0) is 12.0. The molecule has 1 fully saturated rings. The highest BCUT2D eigenvalue weighted by atomic mass is 16.5. The van der Waals surface area contributed by atoms with Crippen molar-refractivity contribution in [1.29, 1.82) is 0 Å². The summed E-state index contributed by atoms with van der Waals surface area (Å²) in [5, 5.41) is 0. The molecule has 3 heteroatoms. The second kappa shape index (κ2) is 7.25. The van der Waals surface area contributed by atoms with Crippen molar-refractivity contribution < 1.29 is 4.74 Å². The van der Waals surface area contributed by atoms with Crippen LogP contribution in [0.4, 0.5) is 0 Å². The van der Waals surface area contributed by atoms with Gasteiger partial charge in [-0.05, 0) is 32.2 Å². The first kappa shape index (κ1) is 13.9. The first-order valence-electron chi connectivity index (χ1n) is 6.76. The molecule has 3 nitrogen and oxygen atoms in total. The van der Waals surface area contributed by atoms with Gasteiger partial charge in [0.1, 0.15) is 0 Å². The van der Waals surface area contributed by atoms with Gasteiger partial charge in [-0.25, -0.2) is 0 Å². The van der Waals surface area contributed by atoms with Crippen molar-refractivity contribution >= 4 is 0 Å². The van der Waals surface area contributed by atoms with E-state index in [9.17, 15) is 0 Å².